The first-order valence-corrected chi connectivity index (χ1v) is 7.26. The first kappa shape index (κ1) is 16.4. The van der Waals surface area contributed by atoms with Gasteiger partial charge in [-0.25, -0.2) is 9.37 Å². The number of aliphatic hydroxyl groups excluding tert-OH is 1. The minimum atomic E-state index is -0.382. The van der Waals surface area contributed by atoms with Crippen LogP contribution in [0.4, 0.5) is 4.39 Å². The Hall–Kier alpha value is -1.94. The topological polar surface area (TPSA) is 42.4 Å². The molecule has 0 saturated heterocycles. The van der Waals surface area contributed by atoms with Crippen molar-refractivity contribution in [1.82, 2.24) is 4.98 Å². The standard InChI is InChI=1S/C18H22FNO2/c1-18(2,3)9-13-7-12(11-21)5-6-14(13)15-8-17(22-4)20-10-16(15)19/h5-8,10,21H,9,11H2,1-4H3. The predicted octanol–water partition coefficient (Wildman–Crippen LogP) is 3.98. The minimum absolute atomic E-state index is 0.0282. The van der Waals surface area contributed by atoms with Crippen molar-refractivity contribution < 1.29 is 14.2 Å². The van der Waals surface area contributed by atoms with E-state index in [2.05, 4.69) is 25.8 Å². The summed E-state index contributed by atoms with van der Waals surface area (Å²) in [5.74, 6) is -0.00273. The third-order valence-electron chi connectivity index (χ3n) is 3.40. The first-order valence-electron chi connectivity index (χ1n) is 7.26. The van der Waals surface area contributed by atoms with Crippen LogP contribution in [0, 0.1) is 11.2 Å². The van der Waals surface area contributed by atoms with Crippen molar-refractivity contribution >= 4 is 0 Å². The molecule has 0 unspecified atom stereocenters. The van der Waals surface area contributed by atoms with Crippen molar-refractivity contribution in [3.8, 4) is 17.0 Å². The predicted molar refractivity (Wildman–Crippen MR) is 85.3 cm³/mol. The molecule has 0 radical (unpaired) electrons. The Morgan fingerprint density at radius 1 is 1.18 bits per heavy atom. The number of aliphatic hydroxyl groups is 1. The highest BCUT2D eigenvalue weighted by Crippen LogP contribution is 2.33. The molecule has 0 bridgehead atoms. The van der Waals surface area contributed by atoms with E-state index >= 15 is 0 Å². The molecular weight excluding hydrogens is 281 g/mol. The molecule has 0 saturated carbocycles. The summed E-state index contributed by atoms with van der Waals surface area (Å²) in [6.45, 7) is 6.36. The van der Waals surface area contributed by atoms with E-state index in [0.29, 0.717) is 11.4 Å². The number of halogens is 1. The number of hydrogen-bond acceptors (Lipinski definition) is 3. The number of ether oxygens (including phenoxy) is 1. The van der Waals surface area contributed by atoms with Crippen LogP contribution in [0.5, 0.6) is 5.88 Å². The Bertz CT molecular complexity index is 663. The summed E-state index contributed by atoms with van der Waals surface area (Å²) in [4.78, 5) is 3.88. The van der Waals surface area contributed by atoms with Crippen molar-refractivity contribution in [2.45, 2.75) is 33.8 Å². The summed E-state index contributed by atoms with van der Waals surface area (Å²) in [7, 11) is 1.51. The number of benzene rings is 1. The van der Waals surface area contributed by atoms with Crippen molar-refractivity contribution in [1.29, 1.82) is 0 Å². The molecule has 0 fully saturated rings. The molecule has 1 N–H and O–H groups in total. The molecule has 0 atom stereocenters. The highest BCUT2D eigenvalue weighted by molar-refractivity contribution is 5.69. The highest BCUT2D eigenvalue weighted by Gasteiger charge is 2.18. The normalized spacial score (nSPS) is 11.5. The Morgan fingerprint density at radius 2 is 1.91 bits per heavy atom. The summed E-state index contributed by atoms with van der Waals surface area (Å²) in [5, 5.41) is 9.35. The Morgan fingerprint density at radius 3 is 2.50 bits per heavy atom. The molecule has 2 aromatic rings. The lowest BCUT2D eigenvalue weighted by atomic mass is 9.84. The second-order valence-electron chi connectivity index (χ2n) is 6.59. The molecule has 118 valence electrons. The lowest BCUT2D eigenvalue weighted by Crippen LogP contribution is -2.11. The molecule has 0 spiro atoms. The number of methoxy groups -OCH3 is 1. The fourth-order valence-corrected chi connectivity index (χ4v) is 2.46. The molecule has 0 amide bonds. The van der Waals surface area contributed by atoms with Crippen LogP contribution in [0.1, 0.15) is 31.9 Å². The zero-order valence-corrected chi connectivity index (χ0v) is 13.5. The van der Waals surface area contributed by atoms with Gasteiger partial charge in [0.2, 0.25) is 5.88 Å². The van der Waals surface area contributed by atoms with Gasteiger partial charge in [-0.3, -0.25) is 0 Å². The van der Waals surface area contributed by atoms with Gasteiger partial charge in [0.15, 0.2) is 0 Å². The highest BCUT2D eigenvalue weighted by atomic mass is 19.1. The maximum absolute atomic E-state index is 14.2. The molecule has 4 heteroatoms. The monoisotopic (exact) mass is 303 g/mol. The second-order valence-corrected chi connectivity index (χ2v) is 6.59. The van der Waals surface area contributed by atoms with Crippen LogP contribution in [0.2, 0.25) is 0 Å². The third kappa shape index (κ3) is 3.83. The average molecular weight is 303 g/mol. The maximum atomic E-state index is 14.2. The molecule has 0 aliphatic rings. The molecule has 22 heavy (non-hydrogen) atoms. The number of rotatable bonds is 4. The van der Waals surface area contributed by atoms with Crippen molar-refractivity contribution in [2.75, 3.05) is 7.11 Å². The second kappa shape index (κ2) is 6.44. The smallest absolute Gasteiger partial charge is 0.213 e. The Labute approximate surface area is 130 Å². The average Bonchev–Trinajstić information content (AvgIpc) is 2.46. The molecule has 3 nitrogen and oxygen atoms in total. The van der Waals surface area contributed by atoms with Gasteiger partial charge in [-0.1, -0.05) is 39.0 Å². The van der Waals surface area contributed by atoms with Gasteiger partial charge in [-0.2, -0.15) is 0 Å². The molecule has 2 rings (SSSR count). The molecule has 1 heterocycles. The van der Waals surface area contributed by atoms with Crippen LogP contribution < -0.4 is 4.74 Å². The van der Waals surface area contributed by atoms with Crippen LogP contribution in [0.25, 0.3) is 11.1 Å². The van der Waals surface area contributed by atoms with Gasteiger partial charge in [-0.05, 0) is 28.5 Å². The first-order chi connectivity index (χ1) is 10.3. The Kier molecular flexibility index (Phi) is 4.81. The number of nitrogens with zero attached hydrogens (tertiary/aromatic N) is 1. The van der Waals surface area contributed by atoms with Gasteiger partial charge in [-0.15, -0.1) is 0 Å². The van der Waals surface area contributed by atoms with E-state index in [1.807, 2.05) is 18.2 Å². The van der Waals surface area contributed by atoms with Crippen molar-refractivity contribution in [3.63, 3.8) is 0 Å². The molecule has 1 aromatic carbocycles. The van der Waals surface area contributed by atoms with E-state index in [1.54, 1.807) is 6.07 Å². The SMILES string of the molecule is COc1cc(-c2ccc(CO)cc2CC(C)(C)C)c(F)cn1. The molecule has 0 aliphatic heterocycles. The Balaban J connectivity index is 2.59. The van der Waals surface area contributed by atoms with E-state index in [1.165, 1.54) is 13.3 Å². The summed E-state index contributed by atoms with van der Waals surface area (Å²) in [5.41, 5.74) is 3.16. The fourth-order valence-electron chi connectivity index (χ4n) is 2.46. The fraction of sp³-hybridized carbons (Fsp3) is 0.389. The summed E-state index contributed by atoms with van der Waals surface area (Å²) in [6.07, 6.45) is 1.95. The minimum Gasteiger partial charge on any atom is -0.481 e. The molecule has 0 aliphatic carbocycles. The third-order valence-corrected chi connectivity index (χ3v) is 3.40. The number of pyridine rings is 1. The van der Waals surface area contributed by atoms with E-state index in [9.17, 15) is 9.50 Å². The number of aromatic nitrogens is 1. The van der Waals surface area contributed by atoms with Crippen LogP contribution in [-0.2, 0) is 13.0 Å². The number of hydrogen-bond donors (Lipinski definition) is 1. The summed E-state index contributed by atoms with van der Waals surface area (Å²) >= 11 is 0. The lowest BCUT2D eigenvalue weighted by molar-refractivity contribution is 0.281. The van der Waals surface area contributed by atoms with E-state index in [0.717, 1.165) is 23.1 Å². The quantitative estimate of drug-likeness (QED) is 0.929. The lowest BCUT2D eigenvalue weighted by Gasteiger charge is -2.21. The van der Waals surface area contributed by atoms with Crippen molar-refractivity contribution in [2.24, 2.45) is 5.41 Å². The zero-order chi connectivity index (χ0) is 16.3. The van der Waals surface area contributed by atoms with Gasteiger partial charge >= 0.3 is 0 Å². The zero-order valence-electron chi connectivity index (χ0n) is 13.5. The van der Waals surface area contributed by atoms with Gasteiger partial charge < -0.3 is 9.84 Å². The summed E-state index contributed by atoms with van der Waals surface area (Å²) < 4.78 is 19.3. The van der Waals surface area contributed by atoms with Crippen LogP contribution in [-0.4, -0.2) is 17.2 Å². The van der Waals surface area contributed by atoms with E-state index in [4.69, 9.17) is 4.74 Å². The summed E-state index contributed by atoms with van der Waals surface area (Å²) in [6, 6.07) is 7.21. The molecule has 1 aromatic heterocycles. The van der Waals surface area contributed by atoms with Gasteiger partial charge in [0.1, 0.15) is 5.82 Å². The van der Waals surface area contributed by atoms with Gasteiger partial charge in [0, 0.05) is 11.6 Å². The van der Waals surface area contributed by atoms with Crippen molar-refractivity contribution in [3.05, 3.63) is 47.4 Å². The van der Waals surface area contributed by atoms with Crippen LogP contribution in [0.15, 0.2) is 30.5 Å². The maximum Gasteiger partial charge on any atom is 0.213 e. The van der Waals surface area contributed by atoms with Crippen LogP contribution in [0.3, 0.4) is 0 Å². The van der Waals surface area contributed by atoms with Crippen LogP contribution >= 0.6 is 0 Å². The van der Waals surface area contributed by atoms with Gasteiger partial charge in [0.25, 0.3) is 0 Å². The largest absolute Gasteiger partial charge is 0.481 e. The van der Waals surface area contributed by atoms with E-state index in [-0.39, 0.29) is 17.8 Å². The van der Waals surface area contributed by atoms with Gasteiger partial charge in [0.05, 0.1) is 19.9 Å². The molecular formula is C18H22FNO2. The van der Waals surface area contributed by atoms with E-state index < -0.39 is 0 Å².